The molecule has 2 atom stereocenters. The normalized spacial score (nSPS) is 18.0. The second-order valence-corrected chi connectivity index (χ2v) is 9.55. The minimum absolute atomic E-state index is 0.0628. The molecule has 3 heterocycles. The van der Waals surface area contributed by atoms with Crippen LogP contribution in [0, 0.1) is 5.82 Å². The molecule has 4 aromatic rings. The van der Waals surface area contributed by atoms with Crippen LogP contribution in [0.5, 0.6) is 5.75 Å². The summed E-state index contributed by atoms with van der Waals surface area (Å²) in [5, 5.41) is 11.5. The summed E-state index contributed by atoms with van der Waals surface area (Å²) in [6.07, 6.45) is 5.04. The molecule has 0 unspecified atom stereocenters. The van der Waals surface area contributed by atoms with Gasteiger partial charge in [0.25, 0.3) is 0 Å². The summed E-state index contributed by atoms with van der Waals surface area (Å²) < 4.78 is 23.5. The number of ether oxygens (including phenoxy) is 1. The van der Waals surface area contributed by atoms with E-state index in [1.165, 1.54) is 21.3 Å². The molecule has 1 aliphatic heterocycles. The van der Waals surface area contributed by atoms with Crippen LogP contribution in [0.1, 0.15) is 13.8 Å². The largest absolute Gasteiger partial charge is 0.507 e. The van der Waals surface area contributed by atoms with Crippen molar-refractivity contribution in [2.45, 2.75) is 26.1 Å². The zero-order valence-electron chi connectivity index (χ0n) is 20.2. The number of phenolic OH excluding ortho intramolecular Hbond substituents is 1. The first-order valence-electron chi connectivity index (χ1n) is 11.6. The fraction of sp³-hybridized carbons (Fsp3) is 0.259. The Labute approximate surface area is 213 Å². The molecule has 1 N–H and O–H groups in total. The van der Waals surface area contributed by atoms with Crippen molar-refractivity contribution in [2.75, 3.05) is 18.0 Å². The SMILES string of the molecule is C[C@@H]1CN(c2cc(-c3cc(F)cc(-c4ccc(-n5ccn(C)c5=O)c(Cl)c4)c3O)ccn2)C[C@@H](C)O1. The van der Waals surface area contributed by atoms with Gasteiger partial charge in [-0.1, -0.05) is 17.7 Å². The van der Waals surface area contributed by atoms with Crippen LogP contribution in [0.15, 0.2) is 65.8 Å². The van der Waals surface area contributed by atoms with Crippen molar-refractivity contribution in [3.63, 3.8) is 0 Å². The third-order valence-corrected chi connectivity index (χ3v) is 6.64. The van der Waals surface area contributed by atoms with Gasteiger partial charge in [-0.25, -0.2) is 14.2 Å². The number of nitrogens with zero attached hydrogens (tertiary/aromatic N) is 4. The van der Waals surface area contributed by atoms with E-state index < -0.39 is 5.82 Å². The average Bonchev–Trinajstić information content (AvgIpc) is 3.17. The van der Waals surface area contributed by atoms with Crippen LogP contribution in [-0.4, -0.2) is 44.5 Å². The van der Waals surface area contributed by atoms with Crippen molar-refractivity contribution >= 4 is 17.4 Å². The molecule has 0 spiro atoms. The van der Waals surface area contributed by atoms with Gasteiger partial charge >= 0.3 is 5.69 Å². The maximum atomic E-state index is 14.8. The highest BCUT2D eigenvalue weighted by atomic mass is 35.5. The van der Waals surface area contributed by atoms with E-state index in [4.69, 9.17) is 16.3 Å². The van der Waals surface area contributed by atoms with E-state index in [2.05, 4.69) is 9.88 Å². The predicted molar refractivity (Wildman–Crippen MR) is 139 cm³/mol. The molecule has 0 saturated carbocycles. The number of rotatable bonds is 4. The Morgan fingerprint density at radius 1 is 1.03 bits per heavy atom. The molecule has 9 heteroatoms. The lowest BCUT2D eigenvalue weighted by atomic mass is 9.97. The number of phenols is 1. The van der Waals surface area contributed by atoms with Gasteiger partial charge in [0.1, 0.15) is 17.4 Å². The second kappa shape index (κ2) is 9.44. The molecule has 1 fully saturated rings. The first-order chi connectivity index (χ1) is 17.2. The maximum absolute atomic E-state index is 14.8. The van der Waals surface area contributed by atoms with E-state index in [0.717, 1.165) is 5.82 Å². The first-order valence-corrected chi connectivity index (χ1v) is 12.0. The van der Waals surface area contributed by atoms with Gasteiger partial charge in [0.05, 0.1) is 22.9 Å². The number of hydrogen-bond donors (Lipinski definition) is 1. The third-order valence-electron chi connectivity index (χ3n) is 6.34. The molecule has 1 aliphatic rings. The van der Waals surface area contributed by atoms with E-state index in [1.807, 2.05) is 19.9 Å². The lowest BCUT2D eigenvalue weighted by Crippen LogP contribution is -2.45. The van der Waals surface area contributed by atoms with E-state index in [-0.39, 0.29) is 23.6 Å². The van der Waals surface area contributed by atoms with Crippen molar-refractivity contribution in [3.8, 4) is 33.7 Å². The molecule has 5 rings (SSSR count). The van der Waals surface area contributed by atoms with Crippen LogP contribution in [0.2, 0.25) is 5.02 Å². The third kappa shape index (κ3) is 4.50. The monoisotopic (exact) mass is 508 g/mol. The van der Waals surface area contributed by atoms with Crippen molar-refractivity contribution < 1.29 is 14.2 Å². The smallest absolute Gasteiger partial charge is 0.332 e. The van der Waals surface area contributed by atoms with Gasteiger partial charge < -0.3 is 19.3 Å². The van der Waals surface area contributed by atoms with Gasteiger partial charge in [0, 0.05) is 49.9 Å². The summed E-state index contributed by atoms with van der Waals surface area (Å²) >= 11 is 6.51. The van der Waals surface area contributed by atoms with E-state index in [0.29, 0.717) is 46.1 Å². The number of pyridine rings is 1. The molecule has 2 aromatic heterocycles. The Bertz CT molecular complexity index is 1490. The number of aromatic nitrogens is 3. The highest BCUT2D eigenvalue weighted by Crippen LogP contribution is 2.41. The van der Waals surface area contributed by atoms with Crippen LogP contribution < -0.4 is 10.6 Å². The fourth-order valence-electron chi connectivity index (χ4n) is 4.68. The molecule has 2 aromatic carbocycles. The number of hydrogen-bond acceptors (Lipinski definition) is 5. The Morgan fingerprint density at radius 2 is 1.69 bits per heavy atom. The quantitative estimate of drug-likeness (QED) is 0.419. The molecular weight excluding hydrogens is 483 g/mol. The molecule has 186 valence electrons. The topological polar surface area (TPSA) is 72.5 Å². The van der Waals surface area contributed by atoms with Gasteiger partial charge in [-0.15, -0.1) is 0 Å². The van der Waals surface area contributed by atoms with Crippen molar-refractivity contribution in [1.29, 1.82) is 0 Å². The number of morpholine rings is 1. The Morgan fingerprint density at radius 3 is 2.31 bits per heavy atom. The van der Waals surface area contributed by atoms with Crippen LogP contribution in [0.4, 0.5) is 10.2 Å². The summed E-state index contributed by atoms with van der Waals surface area (Å²) in [5.74, 6) is 0.169. The van der Waals surface area contributed by atoms with Gasteiger partial charge in [0.15, 0.2) is 0 Å². The van der Waals surface area contributed by atoms with Crippen LogP contribution in [-0.2, 0) is 11.8 Å². The summed E-state index contributed by atoms with van der Waals surface area (Å²) in [7, 11) is 1.65. The Kier molecular flexibility index (Phi) is 6.32. The Balaban J connectivity index is 1.53. The molecule has 0 bridgehead atoms. The molecule has 0 amide bonds. The lowest BCUT2D eigenvalue weighted by Gasteiger charge is -2.36. The molecule has 0 aliphatic carbocycles. The minimum atomic E-state index is -0.496. The van der Waals surface area contributed by atoms with Crippen LogP contribution in [0.3, 0.4) is 0 Å². The van der Waals surface area contributed by atoms with E-state index in [1.54, 1.807) is 49.9 Å². The van der Waals surface area contributed by atoms with Gasteiger partial charge in [-0.3, -0.25) is 4.57 Å². The van der Waals surface area contributed by atoms with Gasteiger partial charge in [0.2, 0.25) is 0 Å². The number of imidazole rings is 1. The second-order valence-electron chi connectivity index (χ2n) is 9.14. The molecule has 1 saturated heterocycles. The molecular formula is C27H26ClFN4O3. The van der Waals surface area contributed by atoms with Crippen molar-refractivity contribution in [2.24, 2.45) is 7.05 Å². The van der Waals surface area contributed by atoms with Crippen LogP contribution in [0.25, 0.3) is 27.9 Å². The highest BCUT2D eigenvalue weighted by Gasteiger charge is 2.24. The lowest BCUT2D eigenvalue weighted by molar-refractivity contribution is -0.00545. The maximum Gasteiger partial charge on any atom is 0.332 e. The molecule has 7 nitrogen and oxygen atoms in total. The predicted octanol–water partition coefficient (Wildman–Crippen LogP) is 5.02. The summed E-state index contributed by atoms with van der Waals surface area (Å²) in [6.45, 7) is 5.41. The number of anilines is 1. The van der Waals surface area contributed by atoms with Crippen molar-refractivity contribution in [3.05, 3.63) is 82.4 Å². The number of benzene rings is 2. The average molecular weight is 509 g/mol. The van der Waals surface area contributed by atoms with E-state index in [9.17, 15) is 14.3 Å². The number of aryl methyl sites for hydroxylation is 1. The molecule has 36 heavy (non-hydrogen) atoms. The van der Waals surface area contributed by atoms with E-state index >= 15 is 0 Å². The minimum Gasteiger partial charge on any atom is -0.507 e. The summed E-state index contributed by atoms with van der Waals surface area (Å²) in [6, 6.07) is 11.2. The molecule has 0 radical (unpaired) electrons. The highest BCUT2D eigenvalue weighted by molar-refractivity contribution is 6.32. The number of halogens is 2. The Hall–Kier alpha value is -3.62. The van der Waals surface area contributed by atoms with Crippen LogP contribution >= 0.6 is 11.6 Å². The summed E-state index contributed by atoms with van der Waals surface area (Å²) in [5.41, 5.74) is 2.07. The zero-order chi connectivity index (χ0) is 25.6. The van der Waals surface area contributed by atoms with Crippen molar-refractivity contribution in [1.82, 2.24) is 14.1 Å². The zero-order valence-corrected chi connectivity index (χ0v) is 20.9. The fourth-order valence-corrected chi connectivity index (χ4v) is 4.95. The first kappa shape index (κ1) is 24.1. The standard InChI is InChI=1S/C27H26ClFN4O3/c1-16-14-32(15-17(2)36-16)25-11-19(6-7-30-25)22-13-20(29)12-21(26(22)34)18-4-5-24(23(28)10-18)33-9-8-31(3)27(33)35/h4-13,16-17,34H,14-15H2,1-3H3/t16-,17-/m1/s1. The van der Waals surface area contributed by atoms with Gasteiger partial charge in [-0.05, 0) is 61.4 Å². The van der Waals surface area contributed by atoms with Gasteiger partial charge in [-0.2, -0.15) is 0 Å². The number of aromatic hydroxyl groups is 1. The summed E-state index contributed by atoms with van der Waals surface area (Å²) in [4.78, 5) is 18.9.